The molecule has 4 aliphatic rings. The summed E-state index contributed by atoms with van der Waals surface area (Å²) in [6.45, 7) is 2.26. The second-order valence-corrected chi connectivity index (χ2v) is 4.70. The van der Waals surface area contributed by atoms with E-state index in [0.717, 1.165) is 37.8 Å². The number of rotatable bonds is 0. The van der Waals surface area contributed by atoms with Crippen molar-refractivity contribution in [2.75, 3.05) is 13.1 Å². The Labute approximate surface area is 72.4 Å². The molecule has 3 aliphatic heterocycles. The van der Waals surface area contributed by atoms with Crippen LogP contribution in [-0.2, 0) is 0 Å². The second kappa shape index (κ2) is 2.01. The van der Waals surface area contributed by atoms with Gasteiger partial charge in [-0.1, -0.05) is 0 Å². The summed E-state index contributed by atoms with van der Waals surface area (Å²) < 4.78 is 0. The van der Waals surface area contributed by atoms with E-state index >= 15 is 0 Å². The minimum absolute atomic E-state index is 0.204. The number of nitrogens with zero attached hydrogens (tertiary/aromatic N) is 2. The third-order valence-corrected chi connectivity index (χ3v) is 3.65. The molecule has 4 nitrogen and oxygen atoms in total. The standard InChI is InChI=1S/C8H16N4/c9-8-2-6-1-7(3-8)5-11(4-6)12(8)10/h6-7H,1-5,9-10H2. The van der Waals surface area contributed by atoms with Crippen LogP contribution in [0.2, 0.25) is 0 Å². The molecule has 4 heteroatoms. The highest BCUT2D eigenvalue weighted by Crippen LogP contribution is 2.45. The summed E-state index contributed by atoms with van der Waals surface area (Å²) in [5.41, 5.74) is 6.02. The van der Waals surface area contributed by atoms with Crippen molar-refractivity contribution in [2.45, 2.75) is 24.9 Å². The number of piperidine rings is 1. The molecule has 0 aromatic rings. The van der Waals surface area contributed by atoms with Gasteiger partial charge in [-0.15, -0.1) is 0 Å². The van der Waals surface area contributed by atoms with Gasteiger partial charge in [0, 0.05) is 13.1 Å². The number of nitrogens with two attached hydrogens (primary N) is 2. The molecule has 0 radical (unpaired) electrons. The van der Waals surface area contributed by atoms with Crippen molar-refractivity contribution in [3.05, 3.63) is 0 Å². The van der Waals surface area contributed by atoms with E-state index in [1.54, 1.807) is 5.12 Å². The van der Waals surface area contributed by atoms with Gasteiger partial charge in [0.05, 0.1) is 5.66 Å². The van der Waals surface area contributed by atoms with Crippen molar-refractivity contribution in [2.24, 2.45) is 23.4 Å². The lowest BCUT2D eigenvalue weighted by Crippen LogP contribution is -2.76. The van der Waals surface area contributed by atoms with E-state index in [1.807, 2.05) is 0 Å². The maximum absolute atomic E-state index is 6.22. The maximum Gasteiger partial charge on any atom is 0.0982 e. The highest BCUT2D eigenvalue weighted by Gasteiger charge is 2.52. The molecule has 68 valence electrons. The summed E-state index contributed by atoms with van der Waals surface area (Å²) in [5, 5.41) is 4.02. The fourth-order valence-corrected chi connectivity index (χ4v) is 3.31. The van der Waals surface area contributed by atoms with Gasteiger partial charge >= 0.3 is 0 Å². The van der Waals surface area contributed by atoms with Crippen molar-refractivity contribution in [1.82, 2.24) is 10.1 Å². The third-order valence-electron chi connectivity index (χ3n) is 3.65. The average molecular weight is 168 g/mol. The highest BCUT2D eigenvalue weighted by molar-refractivity contribution is 5.00. The number of hydrogen-bond acceptors (Lipinski definition) is 4. The maximum atomic E-state index is 6.22. The number of hydrazine groups is 2. The Kier molecular flexibility index (Phi) is 1.22. The summed E-state index contributed by atoms with van der Waals surface area (Å²) in [5.74, 6) is 7.55. The van der Waals surface area contributed by atoms with Gasteiger partial charge < -0.3 is 5.73 Å². The lowest BCUT2D eigenvalue weighted by atomic mass is 9.70. The molecule has 1 aliphatic carbocycles. The van der Waals surface area contributed by atoms with E-state index < -0.39 is 0 Å². The molecule has 0 amide bonds. The van der Waals surface area contributed by atoms with Crippen LogP contribution >= 0.6 is 0 Å². The van der Waals surface area contributed by atoms with E-state index in [9.17, 15) is 0 Å². The van der Waals surface area contributed by atoms with Crippen LogP contribution in [0.3, 0.4) is 0 Å². The zero-order chi connectivity index (χ0) is 8.34. The molecule has 12 heavy (non-hydrogen) atoms. The van der Waals surface area contributed by atoms with E-state index in [-0.39, 0.29) is 5.66 Å². The Hall–Kier alpha value is -0.160. The van der Waals surface area contributed by atoms with Gasteiger partial charge in [0.15, 0.2) is 0 Å². The lowest BCUT2D eigenvalue weighted by molar-refractivity contribution is -0.232. The van der Waals surface area contributed by atoms with E-state index in [0.29, 0.717) is 0 Å². The van der Waals surface area contributed by atoms with Crippen LogP contribution < -0.4 is 11.6 Å². The van der Waals surface area contributed by atoms with Crippen molar-refractivity contribution in [3.8, 4) is 0 Å². The monoisotopic (exact) mass is 168 g/mol. The minimum Gasteiger partial charge on any atom is -0.311 e. The topological polar surface area (TPSA) is 58.5 Å². The Bertz CT molecular complexity index is 203. The first kappa shape index (κ1) is 7.26. The molecule has 3 heterocycles. The van der Waals surface area contributed by atoms with Crippen LogP contribution in [0.5, 0.6) is 0 Å². The van der Waals surface area contributed by atoms with Crippen LogP contribution in [0.15, 0.2) is 0 Å². The van der Waals surface area contributed by atoms with Crippen molar-refractivity contribution >= 4 is 0 Å². The van der Waals surface area contributed by atoms with Gasteiger partial charge in [-0.2, -0.15) is 5.12 Å². The molecular formula is C8H16N4. The fourth-order valence-electron chi connectivity index (χ4n) is 3.31. The number of hydrogen-bond donors (Lipinski definition) is 2. The van der Waals surface area contributed by atoms with Crippen molar-refractivity contribution in [1.29, 1.82) is 0 Å². The molecule has 4 N–H and O–H groups in total. The van der Waals surface area contributed by atoms with E-state index in [2.05, 4.69) is 5.01 Å². The molecule has 4 fully saturated rings. The third kappa shape index (κ3) is 0.758. The summed E-state index contributed by atoms with van der Waals surface area (Å²) in [6, 6.07) is 0. The molecule has 1 saturated carbocycles. The summed E-state index contributed by atoms with van der Waals surface area (Å²) in [7, 11) is 0. The van der Waals surface area contributed by atoms with Crippen molar-refractivity contribution in [3.63, 3.8) is 0 Å². The van der Waals surface area contributed by atoms with Gasteiger partial charge in [0.1, 0.15) is 0 Å². The van der Waals surface area contributed by atoms with E-state index in [1.165, 1.54) is 6.42 Å². The normalized spacial score (nSPS) is 58.0. The molecule has 0 spiro atoms. The first-order valence-corrected chi connectivity index (χ1v) is 4.76. The molecule has 4 rings (SSSR count). The second-order valence-electron chi connectivity index (χ2n) is 4.70. The summed E-state index contributed by atoms with van der Waals surface area (Å²) in [4.78, 5) is 0. The first-order chi connectivity index (χ1) is 5.67. The van der Waals surface area contributed by atoms with Crippen LogP contribution in [0, 0.1) is 11.8 Å². The Morgan fingerprint density at radius 1 is 1.17 bits per heavy atom. The molecular weight excluding hydrogens is 152 g/mol. The van der Waals surface area contributed by atoms with E-state index in [4.69, 9.17) is 11.6 Å². The van der Waals surface area contributed by atoms with Gasteiger partial charge in [0.25, 0.3) is 0 Å². The smallest absolute Gasteiger partial charge is 0.0982 e. The molecule has 2 unspecified atom stereocenters. The fraction of sp³-hybridized carbons (Fsp3) is 1.00. The zero-order valence-corrected chi connectivity index (χ0v) is 7.24. The average Bonchev–Trinajstić information content (AvgIpc) is 1.98. The lowest BCUT2D eigenvalue weighted by Gasteiger charge is -2.61. The predicted octanol–water partition coefficient (Wildman–Crippen LogP) is -0.522. The van der Waals surface area contributed by atoms with Gasteiger partial charge in [-0.05, 0) is 31.1 Å². The minimum atomic E-state index is -0.204. The molecule has 0 aromatic heterocycles. The molecule has 2 atom stereocenters. The Morgan fingerprint density at radius 2 is 1.75 bits per heavy atom. The quantitative estimate of drug-likeness (QED) is 0.478. The van der Waals surface area contributed by atoms with Crippen LogP contribution in [-0.4, -0.2) is 28.9 Å². The van der Waals surface area contributed by atoms with Crippen LogP contribution in [0.4, 0.5) is 0 Å². The van der Waals surface area contributed by atoms with Crippen LogP contribution in [0.25, 0.3) is 0 Å². The SMILES string of the molecule is NN1N2CC3CC(C2)CC1(N)C3. The highest BCUT2D eigenvalue weighted by atomic mass is 15.8. The largest absolute Gasteiger partial charge is 0.311 e. The zero-order valence-electron chi connectivity index (χ0n) is 7.24. The first-order valence-electron chi connectivity index (χ1n) is 4.76. The van der Waals surface area contributed by atoms with Gasteiger partial charge in [0.2, 0.25) is 0 Å². The Balaban J connectivity index is 1.97. The Morgan fingerprint density at radius 3 is 2.25 bits per heavy atom. The van der Waals surface area contributed by atoms with Gasteiger partial charge in [-0.25, -0.2) is 5.01 Å². The summed E-state index contributed by atoms with van der Waals surface area (Å²) >= 11 is 0. The molecule has 0 aromatic carbocycles. The summed E-state index contributed by atoms with van der Waals surface area (Å²) in [6.07, 6.45) is 3.57. The van der Waals surface area contributed by atoms with Crippen LogP contribution in [0.1, 0.15) is 19.3 Å². The molecule has 4 bridgehead atoms. The predicted molar refractivity (Wildman–Crippen MR) is 45.3 cm³/mol. The van der Waals surface area contributed by atoms with Crippen molar-refractivity contribution < 1.29 is 0 Å². The molecule has 3 saturated heterocycles. The van der Waals surface area contributed by atoms with Gasteiger partial charge in [-0.3, -0.25) is 5.84 Å².